The summed E-state index contributed by atoms with van der Waals surface area (Å²) in [7, 11) is 4.06. The predicted molar refractivity (Wildman–Crippen MR) is 115 cm³/mol. The van der Waals surface area contributed by atoms with E-state index in [0.717, 1.165) is 38.0 Å². The van der Waals surface area contributed by atoms with Crippen LogP contribution in [0.2, 0.25) is 0 Å². The van der Waals surface area contributed by atoms with E-state index < -0.39 is 0 Å². The van der Waals surface area contributed by atoms with Crippen LogP contribution in [0.3, 0.4) is 0 Å². The Morgan fingerprint density at radius 1 is 1.29 bits per heavy atom. The highest BCUT2D eigenvalue weighted by Gasteiger charge is 2.21. The van der Waals surface area contributed by atoms with Gasteiger partial charge in [0.25, 0.3) is 5.91 Å². The summed E-state index contributed by atoms with van der Waals surface area (Å²) in [5.41, 5.74) is 2.89. The number of amides is 1. The molecule has 1 aromatic carbocycles. The maximum Gasteiger partial charge on any atom is 0.274 e. The Hall–Kier alpha value is -1.89. The van der Waals surface area contributed by atoms with E-state index in [0.29, 0.717) is 24.8 Å². The summed E-state index contributed by atoms with van der Waals surface area (Å²) < 4.78 is 1.95. The van der Waals surface area contributed by atoms with Gasteiger partial charge in [0.15, 0.2) is 0 Å². The van der Waals surface area contributed by atoms with Gasteiger partial charge in [0.05, 0.1) is 6.04 Å². The van der Waals surface area contributed by atoms with Gasteiger partial charge in [-0.2, -0.15) is 5.10 Å². The van der Waals surface area contributed by atoms with Gasteiger partial charge >= 0.3 is 0 Å². The molecule has 2 heterocycles. The van der Waals surface area contributed by atoms with Crippen LogP contribution >= 0.6 is 12.4 Å². The molecule has 1 N–H and O–H groups in total. The molecule has 6 nitrogen and oxygen atoms in total. The number of hydrogen-bond donors (Lipinski definition) is 1. The van der Waals surface area contributed by atoms with Crippen molar-refractivity contribution in [3.05, 3.63) is 53.3 Å². The minimum atomic E-state index is 0. The van der Waals surface area contributed by atoms with Crippen molar-refractivity contribution in [2.45, 2.75) is 32.4 Å². The minimum Gasteiger partial charge on any atom is -0.332 e. The van der Waals surface area contributed by atoms with Crippen LogP contribution in [0.25, 0.3) is 0 Å². The molecule has 1 unspecified atom stereocenters. The molecule has 0 saturated carbocycles. The number of likely N-dealkylation sites (N-methyl/N-ethyl adjacent to an activating group) is 1. The van der Waals surface area contributed by atoms with Crippen molar-refractivity contribution in [2.75, 3.05) is 40.3 Å². The molecule has 0 radical (unpaired) electrons. The molecule has 1 atom stereocenters. The van der Waals surface area contributed by atoms with E-state index in [4.69, 9.17) is 0 Å². The first-order valence-electron chi connectivity index (χ1n) is 9.78. The fourth-order valence-electron chi connectivity index (χ4n) is 3.48. The zero-order valence-electron chi connectivity index (χ0n) is 17.1. The van der Waals surface area contributed by atoms with E-state index in [1.807, 2.05) is 42.0 Å². The van der Waals surface area contributed by atoms with Crippen LogP contribution in [0.5, 0.6) is 0 Å². The normalized spacial score (nSPS) is 16.6. The van der Waals surface area contributed by atoms with Crippen LogP contribution in [-0.2, 0) is 6.54 Å². The molecule has 0 bridgehead atoms. The number of carbonyl (C=O) groups excluding carboxylic acids is 1. The Morgan fingerprint density at radius 3 is 2.79 bits per heavy atom. The van der Waals surface area contributed by atoms with Gasteiger partial charge in [-0.15, -0.1) is 12.4 Å². The molecule has 3 rings (SSSR count). The monoisotopic (exact) mass is 405 g/mol. The van der Waals surface area contributed by atoms with Crippen LogP contribution in [0.1, 0.15) is 40.5 Å². The van der Waals surface area contributed by atoms with Crippen molar-refractivity contribution in [2.24, 2.45) is 0 Å². The van der Waals surface area contributed by atoms with Crippen molar-refractivity contribution >= 4 is 18.3 Å². The second kappa shape index (κ2) is 10.6. The highest BCUT2D eigenvalue weighted by atomic mass is 35.5. The van der Waals surface area contributed by atoms with Crippen molar-refractivity contribution in [3.63, 3.8) is 0 Å². The van der Waals surface area contributed by atoms with Crippen LogP contribution in [0.4, 0.5) is 0 Å². The summed E-state index contributed by atoms with van der Waals surface area (Å²) in [6.07, 6.45) is 4.20. The average molecular weight is 406 g/mol. The van der Waals surface area contributed by atoms with E-state index in [9.17, 15) is 4.79 Å². The fourth-order valence-corrected chi connectivity index (χ4v) is 3.48. The number of nitrogens with one attached hydrogen (secondary N) is 1. The third kappa shape index (κ3) is 6.06. The molecular formula is C21H32ClN5O. The number of piperidine rings is 1. The van der Waals surface area contributed by atoms with Gasteiger partial charge in [-0.05, 0) is 52.0 Å². The molecule has 28 heavy (non-hydrogen) atoms. The summed E-state index contributed by atoms with van der Waals surface area (Å²) in [5, 5.41) is 8.02. The molecule has 1 amide bonds. The Morgan fingerprint density at radius 2 is 2.11 bits per heavy atom. The Bertz CT molecular complexity index is 755. The van der Waals surface area contributed by atoms with Gasteiger partial charge in [0, 0.05) is 32.4 Å². The zero-order valence-corrected chi connectivity index (χ0v) is 17.9. The van der Waals surface area contributed by atoms with Crippen molar-refractivity contribution in [1.82, 2.24) is 24.9 Å². The quantitative estimate of drug-likeness (QED) is 0.769. The molecule has 0 aliphatic carbocycles. The first-order chi connectivity index (χ1) is 13.0. The van der Waals surface area contributed by atoms with E-state index in [1.165, 1.54) is 5.56 Å². The Kier molecular flexibility index (Phi) is 8.48. The zero-order chi connectivity index (χ0) is 19.2. The lowest BCUT2D eigenvalue weighted by Crippen LogP contribution is -2.37. The van der Waals surface area contributed by atoms with Crippen LogP contribution in [-0.4, -0.2) is 65.8 Å². The van der Waals surface area contributed by atoms with E-state index >= 15 is 0 Å². The predicted octanol–water partition coefficient (Wildman–Crippen LogP) is 2.74. The maximum atomic E-state index is 13.2. The fraction of sp³-hybridized carbons (Fsp3) is 0.524. The molecule has 7 heteroatoms. The molecule has 1 fully saturated rings. The molecule has 1 aliphatic rings. The van der Waals surface area contributed by atoms with Gasteiger partial charge in [-0.3, -0.25) is 9.48 Å². The summed E-state index contributed by atoms with van der Waals surface area (Å²) >= 11 is 0. The van der Waals surface area contributed by atoms with Gasteiger partial charge in [-0.1, -0.05) is 29.8 Å². The van der Waals surface area contributed by atoms with Crippen LogP contribution in [0.15, 0.2) is 36.5 Å². The molecule has 0 spiro atoms. The Balaban J connectivity index is 0.00000280. The molecule has 1 saturated heterocycles. The average Bonchev–Trinajstić information content (AvgIpc) is 3.15. The number of aryl methyl sites for hydroxylation is 1. The van der Waals surface area contributed by atoms with Crippen molar-refractivity contribution < 1.29 is 4.79 Å². The topological polar surface area (TPSA) is 53.4 Å². The number of rotatable bonds is 7. The molecule has 154 valence electrons. The van der Waals surface area contributed by atoms with Gasteiger partial charge in [-0.25, -0.2) is 0 Å². The number of carbonyl (C=O) groups is 1. The summed E-state index contributed by atoms with van der Waals surface area (Å²) in [6.45, 7) is 6.17. The van der Waals surface area contributed by atoms with E-state index in [-0.39, 0.29) is 18.3 Å². The molecule has 1 aliphatic heterocycles. The maximum absolute atomic E-state index is 13.2. The third-order valence-electron chi connectivity index (χ3n) is 5.03. The summed E-state index contributed by atoms with van der Waals surface area (Å²) in [4.78, 5) is 17.2. The van der Waals surface area contributed by atoms with Gasteiger partial charge in [0.1, 0.15) is 5.69 Å². The van der Waals surface area contributed by atoms with Crippen molar-refractivity contribution in [1.29, 1.82) is 0 Å². The van der Waals surface area contributed by atoms with Crippen molar-refractivity contribution in [3.8, 4) is 0 Å². The summed E-state index contributed by atoms with van der Waals surface area (Å²) in [5.74, 6) is 0.000810. The number of halogens is 1. The van der Waals surface area contributed by atoms with E-state index in [1.54, 1.807) is 0 Å². The molecule has 2 aromatic rings. The SMILES string of the molecule is Cc1cccc(CN(CCN(C)C)C(=O)c2ccn(C3CCCNC3)n2)c1.Cl. The second-order valence-corrected chi connectivity index (χ2v) is 7.70. The lowest BCUT2D eigenvalue weighted by atomic mass is 10.1. The first kappa shape index (κ1) is 22.4. The van der Waals surface area contributed by atoms with Gasteiger partial charge < -0.3 is 15.1 Å². The second-order valence-electron chi connectivity index (χ2n) is 7.70. The number of aromatic nitrogens is 2. The number of benzene rings is 1. The number of hydrogen-bond acceptors (Lipinski definition) is 4. The Labute approximate surface area is 174 Å². The highest BCUT2D eigenvalue weighted by molar-refractivity contribution is 5.92. The standard InChI is InChI=1S/C21H31N5O.ClH/c1-17-6-4-7-18(14-17)16-25(13-12-24(2)3)21(27)20-9-11-26(23-20)19-8-5-10-22-15-19;/h4,6-7,9,11,14,19,22H,5,8,10,12-13,15-16H2,1-3H3;1H. The van der Waals surface area contributed by atoms with Gasteiger partial charge in [0.2, 0.25) is 0 Å². The third-order valence-corrected chi connectivity index (χ3v) is 5.03. The first-order valence-corrected chi connectivity index (χ1v) is 9.78. The minimum absolute atomic E-state index is 0. The largest absolute Gasteiger partial charge is 0.332 e. The smallest absolute Gasteiger partial charge is 0.274 e. The molecular weight excluding hydrogens is 374 g/mol. The summed E-state index contributed by atoms with van der Waals surface area (Å²) in [6, 6.07) is 10.5. The van der Waals surface area contributed by atoms with Crippen LogP contribution in [0, 0.1) is 6.92 Å². The van der Waals surface area contributed by atoms with Crippen LogP contribution < -0.4 is 5.32 Å². The highest BCUT2D eigenvalue weighted by Crippen LogP contribution is 2.17. The molecule has 1 aromatic heterocycles. The number of nitrogens with zero attached hydrogens (tertiary/aromatic N) is 4. The van der Waals surface area contributed by atoms with E-state index in [2.05, 4.69) is 40.4 Å². The lowest BCUT2D eigenvalue weighted by molar-refractivity contribution is 0.0724. The lowest BCUT2D eigenvalue weighted by Gasteiger charge is -2.24.